The molecule has 2 aromatic carbocycles. The molecule has 0 aromatic heterocycles. The summed E-state index contributed by atoms with van der Waals surface area (Å²) in [5.41, 5.74) is -2.47. The van der Waals surface area contributed by atoms with Crippen molar-refractivity contribution in [1.29, 1.82) is 0 Å². The molecule has 2 aromatic rings. The molecule has 14 heteroatoms. The van der Waals surface area contributed by atoms with Crippen molar-refractivity contribution in [3.8, 4) is 0 Å². The topological polar surface area (TPSA) is 71.5 Å². The highest BCUT2D eigenvalue weighted by Crippen LogP contribution is 2.36. The van der Waals surface area contributed by atoms with Crippen LogP contribution in [0.15, 0.2) is 48.5 Å². The normalized spacial score (nSPS) is 14.5. The monoisotopic (exact) mass is 523 g/mol. The van der Waals surface area contributed by atoms with Crippen LogP contribution in [-0.2, 0) is 37.2 Å². The van der Waals surface area contributed by atoms with Crippen molar-refractivity contribution in [2.45, 2.75) is 30.4 Å². The Bertz CT molecular complexity index is 1150. The molecule has 32 heavy (non-hydrogen) atoms. The largest absolute Gasteiger partial charge is 0.416 e. The van der Waals surface area contributed by atoms with Crippen LogP contribution in [0.2, 0.25) is 0 Å². The number of hydrogen-bond acceptors (Lipinski definition) is 4. The molecule has 178 valence electrons. The van der Waals surface area contributed by atoms with E-state index in [1.54, 1.807) is 0 Å². The average Bonchev–Trinajstić information content (AvgIpc) is 2.63. The van der Waals surface area contributed by atoms with Gasteiger partial charge in [0.25, 0.3) is 9.05 Å². The first-order valence-corrected chi connectivity index (χ1v) is 12.7. The number of rotatable bonds is 7. The summed E-state index contributed by atoms with van der Waals surface area (Å²) in [6.07, 6.45) is -9.33. The first-order valence-electron chi connectivity index (χ1n) is 8.73. The highest BCUT2D eigenvalue weighted by atomic mass is 35.7. The van der Waals surface area contributed by atoms with E-state index >= 15 is 0 Å². The van der Waals surface area contributed by atoms with Crippen molar-refractivity contribution >= 4 is 29.8 Å². The minimum atomic E-state index is -4.70. The molecule has 0 N–H and O–H groups in total. The van der Waals surface area contributed by atoms with Crippen LogP contribution in [0.3, 0.4) is 0 Å². The van der Waals surface area contributed by atoms with Crippen LogP contribution >= 0.6 is 10.7 Å². The Balaban J connectivity index is 2.44. The summed E-state index contributed by atoms with van der Waals surface area (Å²) in [7, 11) is -3.73. The third-order valence-corrected chi connectivity index (χ3v) is 7.93. The Morgan fingerprint density at radius 2 is 1.22 bits per heavy atom. The van der Waals surface area contributed by atoms with Gasteiger partial charge in [0, 0.05) is 17.2 Å². The Morgan fingerprint density at radius 3 is 1.56 bits per heavy atom. The second kappa shape index (κ2) is 9.20. The summed E-state index contributed by atoms with van der Waals surface area (Å²) in [4.78, 5) is 0. The molecule has 0 heterocycles. The van der Waals surface area contributed by atoms with Crippen LogP contribution in [0.1, 0.15) is 34.6 Å². The lowest BCUT2D eigenvalue weighted by atomic mass is 10.1. The van der Waals surface area contributed by atoms with E-state index in [9.17, 15) is 43.2 Å². The van der Waals surface area contributed by atoms with Gasteiger partial charge in [0.15, 0.2) is 5.37 Å². The van der Waals surface area contributed by atoms with Gasteiger partial charge in [-0.1, -0.05) is 31.2 Å². The molecule has 0 aliphatic heterocycles. The van der Waals surface area contributed by atoms with E-state index in [2.05, 4.69) is 0 Å². The summed E-state index contributed by atoms with van der Waals surface area (Å²) >= 11 is 0. The molecule has 0 spiro atoms. The number of halogens is 7. The second-order valence-electron chi connectivity index (χ2n) is 6.60. The van der Waals surface area contributed by atoms with Crippen molar-refractivity contribution in [3.05, 3.63) is 70.8 Å². The Hall–Kier alpha value is -1.83. The second-order valence-corrected chi connectivity index (χ2v) is 11.2. The zero-order valence-electron chi connectivity index (χ0n) is 16.2. The Morgan fingerprint density at radius 1 is 0.812 bits per heavy atom. The smallest absolute Gasteiger partial charge is 0.212 e. The molecule has 0 amide bonds. The lowest BCUT2D eigenvalue weighted by molar-refractivity contribution is -0.138. The molecule has 1 unspecified atom stereocenters. The molecule has 0 aliphatic rings. The Labute approximate surface area is 185 Å². The van der Waals surface area contributed by atoms with Gasteiger partial charge in [-0.25, -0.2) is 16.8 Å². The van der Waals surface area contributed by atoms with Crippen LogP contribution in [-0.4, -0.2) is 27.7 Å². The maximum Gasteiger partial charge on any atom is 0.416 e. The Kier molecular flexibility index (Phi) is 7.59. The average molecular weight is 524 g/mol. The molecular weight excluding hydrogens is 508 g/mol. The number of benzene rings is 2. The van der Waals surface area contributed by atoms with Crippen molar-refractivity contribution in [2.24, 2.45) is 0 Å². The van der Waals surface area contributed by atoms with Crippen LogP contribution in [0, 0.1) is 0 Å². The van der Waals surface area contributed by atoms with Gasteiger partial charge in [-0.2, -0.15) is 30.6 Å². The van der Waals surface area contributed by atoms with E-state index in [1.165, 1.54) is 6.92 Å². The molecule has 0 radical (unpaired) electrons. The van der Waals surface area contributed by atoms with Gasteiger partial charge in [0.05, 0.1) is 16.9 Å². The van der Waals surface area contributed by atoms with Gasteiger partial charge in [-0.3, -0.25) is 0 Å². The van der Waals surface area contributed by atoms with E-state index in [0.29, 0.717) is 28.6 Å². The molecule has 0 aliphatic carbocycles. The van der Waals surface area contributed by atoms with Gasteiger partial charge in [-0.05, 0) is 35.4 Å². The maximum atomic E-state index is 12.9. The fourth-order valence-corrected chi connectivity index (χ4v) is 6.87. The third kappa shape index (κ3) is 6.36. The number of hydrogen-bond donors (Lipinski definition) is 0. The number of alkyl halides is 6. The highest BCUT2D eigenvalue weighted by molar-refractivity contribution is 8.14. The summed E-state index contributed by atoms with van der Waals surface area (Å²) in [6, 6.07) is 5.96. The lowest BCUT2D eigenvalue weighted by Gasteiger charge is -2.28. The number of sulfonamides is 1. The standard InChI is InChI=1S/C18H16ClF6NO4S2/c1-2-26(31(27,28)11-12-3-7-14(8-4-12)17(20,21)22)16(32(19,29)30)13-5-9-15(10-6-13)18(23,24)25/h3-10,16H,2,11H2,1H3. The summed E-state index contributed by atoms with van der Waals surface area (Å²) < 4.78 is 127. The van der Waals surface area contributed by atoms with Gasteiger partial charge >= 0.3 is 12.4 Å². The van der Waals surface area contributed by atoms with Crippen molar-refractivity contribution < 1.29 is 43.2 Å². The summed E-state index contributed by atoms with van der Waals surface area (Å²) in [5, 5.41) is -2.05. The van der Waals surface area contributed by atoms with E-state index in [0.717, 1.165) is 24.3 Å². The van der Waals surface area contributed by atoms with Crippen LogP contribution in [0.25, 0.3) is 0 Å². The molecule has 0 fully saturated rings. The molecule has 0 bridgehead atoms. The zero-order valence-corrected chi connectivity index (χ0v) is 18.5. The minimum absolute atomic E-state index is 0.0606. The lowest BCUT2D eigenvalue weighted by Crippen LogP contribution is -2.38. The quantitative estimate of drug-likeness (QED) is 0.372. The van der Waals surface area contributed by atoms with E-state index in [-0.39, 0.29) is 11.1 Å². The summed E-state index contributed by atoms with van der Waals surface area (Å²) in [5.74, 6) is -0.859. The first-order chi connectivity index (χ1) is 14.5. The molecule has 5 nitrogen and oxygen atoms in total. The van der Waals surface area contributed by atoms with E-state index in [4.69, 9.17) is 10.7 Å². The zero-order chi connectivity index (χ0) is 24.5. The predicted molar refractivity (Wildman–Crippen MR) is 105 cm³/mol. The van der Waals surface area contributed by atoms with Crippen LogP contribution < -0.4 is 0 Å². The predicted octanol–water partition coefficient (Wildman–Crippen LogP) is 5.14. The first kappa shape index (κ1) is 26.4. The fourth-order valence-electron chi connectivity index (χ4n) is 2.90. The van der Waals surface area contributed by atoms with Gasteiger partial charge in [0.2, 0.25) is 10.0 Å². The minimum Gasteiger partial charge on any atom is -0.212 e. The molecular formula is C18H16ClF6NO4S2. The van der Waals surface area contributed by atoms with Crippen molar-refractivity contribution in [1.82, 2.24) is 4.31 Å². The molecule has 0 saturated carbocycles. The number of nitrogens with zero attached hydrogens (tertiary/aromatic N) is 1. The maximum absolute atomic E-state index is 12.9. The van der Waals surface area contributed by atoms with Gasteiger partial charge in [0.1, 0.15) is 0 Å². The van der Waals surface area contributed by atoms with Crippen molar-refractivity contribution in [3.63, 3.8) is 0 Å². The SMILES string of the molecule is CCN(C(c1ccc(C(F)(F)F)cc1)S(=O)(=O)Cl)S(=O)(=O)Cc1ccc(C(F)(F)F)cc1. The fraction of sp³-hybridized carbons (Fsp3) is 0.333. The van der Waals surface area contributed by atoms with Crippen LogP contribution in [0.4, 0.5) is 26.3 Å². The highest BCUT2D eigenvalue weighted by Gasteiger charge is 2.39. The summed E-state index contributed by atoms with van der Waals surface area (Å²) in [6.45, 7) is 0.851. The van der Waals surface area contributed by atoms with E-state index < -0.39 is 60.2 Å². The van der Waals surface area contributed by atoms with Crippen LogP contribution in [0.5, 0.6) is 0 Å². The van der Waals surface area contributed by atoms with Crippen molar-refractivity contribution in [2.75, 3.05) is 6.54 Å². The van der Waals surface area contributed by atoms with Gasteiger partial charge < -0.3 is 0 Å². The molecule has 0 saturated heterocycles. The third-order valence-electron chi connectivity index (χ3n) is 4.35. The van der Waals surface area contributed by atoms with Gasteiger partial charge in [-0.15, -0.1) is 0 Å². The van der Waals surface area contributed by atoms with E-state index in [1.807, 2.05) is 0 Å². The molecule has 2 rings (SSSR count). The molecule has 1 atom stereocenters.